The van der Waals surface area contributed by atoms with E-state index in [1.165, 1.54) is 0 Å². The van der Waals surface area contributed by atoms with Crippen molar-refractivity contribution in [2.45, 2.75) is 25.9 Å². The van der Waals surface area contributed by atoms with Gasteiger partial charge in [0.05, 0.1) is 12.8 Å². The van der Waals surface area contributed by atoms with Gasteiger partial charge in [0.15, 0.2) is 5.75 Å². The molecule has 0 aliphatic rings. The largest absolute Gasteiger partial charge is 0.573 e. The fraction of sp³-hybridized carbons (Fsp3) is 0.444. The Bertz CT molecular complexity index is 422. The van der Waals surface area contributed by atoms with Crippen LogP contribution < -0.4 is 10.5 Å². The molecule has 0 aliphatic heterocycles. The van der Waals surface area contributed by atoms with Crippen molar-refractivity contribution < 1.29 is 31.8 Å². The summed E-state index contributed by atoms with van der Waals surface area (Å²) in [6, 6.07) is 0. The summed E-state index contributed by atoms with van der Waals surface area (Å²) in [6.07, 6.45) is -7.53. The van der Waals surface area contributed by atoms with Gasteiger partial charge in [0.1, 0.15) is 5.69 Å². The van der Waals surface area contributed by atoms with E-state index < -0.39 is 42.9 Å². The van der Waals surface area contributed by atoms with Crippen molar-refractivity contribution in [3.8, 4) is 5.75 Å². The standard InChI is InChI=1S/C9H9F5N2O2/c10-8(11)7-4(1-15)5(3-17)6(2-16-7)18-9(12,13)14/h2,8,17H,1,3,15H2. The molecule has 1 heterocycles. The SMILES string of the molecule is NCc1c(C(F)F)ncc(OC(F)(F)F)c1CO. The lowest BCUT2D eigenvalue weighted by Crippen LogP contribution is -2.20. The molecule has 1 aromatic heterocycles. The second-order valence-corrected chi connectivity index (χ2v) is 3.18. The molecule has 0 saturated heterocycles. The number of aromatic nitrogens is 1. The average molecular weight is 272 g/mol. The third-order valence-electron chi connectivity index (χ3n) is 2.09. The fourth-order valence-corrected chi connectivity index (χ4v) is 1.39. The van der Waals surface area contributed by atoms with Crippen molar-refractivity contribution in [1.82, 2.24) is 4.98 Å². The Morgan fingerprint density at radius 3 is 2.33 bits per heavy atom. The average Bonchev–Trinajstić information content (AvgIpc) is 2.25. The summed E-state index contributed by atoms with van der Waals surface area (Å²) in [4.78, 5) is 3.18. The van der Waals surface area contributed by atoms with Gasteiger partial charge in [0.25, 0.3) is 6.43 Å². The zero-order chi connectivity index (χ0) is 13.9. The highest BCUT2D eigenvalue weighted by Crippen LogP contribution is 2.32. The van der Waals surface area contributed by atoms with E-state index >= 15 is 0 Å². The number of nitrogens with two attached hydrogens (primary N) is 1. The molecule has 18 heavy (non-hydrogen) atoms. The first-order valence-corrected chi connectivity index (χ1v) is 4.65. The Kier molecular flexibility index (Phi) is 4.41. The number of pyridine rings is 1. The van der Waals surface area contributed by atoms with Crippen LogP contribution in [0.5, 0.6) is 5.75 Å². The fourth-order valence-electron chi connectivity index (χ4n) is 1.39. The molecule has 0 atom stereocenters. The lowest BCUT2D eigenvalue weighted by atomic mass is 10.1. The normalized spacial score (nSPS) is 12.0. The molecule has 0 unspecified atom stereocenters. The highest BCUT2D eigenvalue weighted by atomic mass is 19.4. The number of hydrogen-bond donors (Lipinski definition) is 2. The van der Waals surface area contributed by atoms with E-state index in [-0.39, 0.29) is 5.56 Å². The van der Waals surface area contributed by atoms with Crippen molar-refractivity contribution >= 4 is 0 Å². The van der Waals surface area contributed by atoms with E-state index in [4.69, 9.17) is 10.8 Å². The van der Waals surface area contributed by atoms with Gasteiger partial charge in [-0.05, 0) is 0 Å². The lowest BCUT2D eigenvalue weighted by molar-refractivity contribution is -0.275. The van der Waals surface area contributed by atoms with Crippen LogP contribution in [-0.4, -0.2) is 16.5 Å². The van der Waals surface area contributed by atoms with Crippen molar-refractivity contribution in [2.75, 3.05) is 0 Å². The number of nitrogens with zero attached hydrogens (tertiary/aromatic N) is 1. The minimum atomic E-state index is -5.01. The summed E-state index contributed by atoms with van der Waals surface area (Å²) in [7, 11) is 0. The maximum Gasteiger partial charge on any atom is 0.573 e. The van der Waals surface area contributed by atoms with E-state index in [9.17, 15) is 22.0 Å². The summed E-state index contributed by atoms with van der Waals surface area (Å²) in [5, 5.41) is 8.96. The molecule has 0 radical (unpaired) electrons. The monoisotopic (exact) mass is 272 g/mol. The maximum atomic E-state index is 12.5. The Labute approximate surface area is 98.2 Å². The van der Waals surface area contributed by atoms with E-state index in [1.54, 1.807) is 0 Å². The van der Waals surface area contributed by atoms with Crippen molar-refractivity contribution in [3.63, 3.8) is 0 Å². The van der Waals surface area contributed by atoms with Gasteiger partial charge in [-0.15, -0.1) is 13.2 Å². The van der Waals surface area contributed by atoms with Crippen molar-refractivity contribution in [2.24, 2.45) is 5.73 Å². The Balaban J connectivity index is 3.30. The third kappa shape index (κ3) is 3.26. The highest BCUT2D eigenvalue weighted by Gasteiger charge is 2.33. The molecular weight excluding hydrogens is 263 g/mol. The van der Waals surface area contributed by atoms with E-state index in [0.717, 1.165) is 0 Å². The molecule has 0 aromatic carbocycles. The summed E-state index contributed by atoms with van der Waals surface area (Å²) in [6.45, 7) is -1.40. The quantitative estimate of drug-likeness (QED) is 0.821. The molecule has 4 nitrogen and oxygen atoms in total. The molecule has 0 aliphatic carbocycles. The predicted octanol–water partition coefficient (Wildman–Crippen LogP) is 1.87. The zero-order valence-corrected chi connectivity index (χ0v) is 8.84. The first kappa shape index (κ1) is 14.6. The number of halogens is 5. The Morgan fingerprint density at radius 1 is 1.33 bits per heavy atom. The van der Waals surface area contributed by atoms with Crippen LogP contribution in [0.15, 0.2) is 6.20 Å². The van der Waals surface area contributed by atoms with Gasteiger partial charge in [-0.25, -0.2) is 8.78 Å². The predicted molar refractivity (Wildman–Crippen MR) is 49.7 cm³/mol. The zero-order valence-electron chi connectivity index (χ0n) is 8.84. The van der Waals surface area contributed by atoms with Gasteiger partial charge in [-0.3, -0.25) is 4.98 Å². The smallest absolute Gasteiger partial charge is 0.404 e. The summed E-state index contributed by atoms with van der Waals surface area (Å²) in [5.41, 5.74) is 3.61. The van der Waals surface area contributed by atoms with Crippen LogP contribution in [-0.2, 0) is 13.2 Å². The van der Waals surface area contributed by atoms with Crippen LogP contribution in [0.25, 0.3) is 0 Å². The van der Waals surface area contributed by atoms with Gasteiger partial charge in [-0.1, -0.05) is 0 Å². The number of rotatable bonds is 4. The molecule has 0 spiro atoms. The molecule has 9 heteroatoms. The van der Waals surface area contributed by atoms with E-state index in [2.05, 4.69) is 9.72 Å². The van der Waals surface area contributed by atoms with Crippen LogP contribution in [0.1, 0.15) is 23.2 Å². The van der Waals surface area contributed by atoms with Crippen LogP contribution in [0, 0.1) is 0 Å². The van der Waals surface area contributed by atoms with E-state index in [0.29, 0.717) is 6.20 Å². The van der Waals surface area contributed by atoms with Gasteiger partial charge < -0.3 is 15.6 Å². The number of alkyl halides is 5. The number of aliphatic hydroxyl groups is 1. The van der Waals surface area contributed by atoms with Gasteiger partial charge >= 0.3 is 6.36 Å². The van der Waals surface area contributed by atoms with Crippen LogP contribution in [0.3, 0.4) is 0 Å². The molecular formula is C9H9F5N2O2. The minimum Gasteiger partial charge on any atom is -0.404 e. The van der Waals surface area contributed by atoms with Crippen LogP contribution in [0.4, 0.5) is 22.0 Å². The maximum absolute atomic E-state index is 12.5. The second-order valence-electron chi connectivity index (χ2n) is 3.18. The minimum absolute atomic E-state index is 0.353. The van der Waals surface area contributed by atoms with Crippen molar-refractivity contribution in [3.05, 3.63) is 23.0 Å². The van der Waals surface area contributed by atoms with Crippen LogP contribution >= 0.6 is 0 Å². The summed E-state index contributed by atoms with van der Waals surface area (Å²) < 4.78 is 64.8. The molecule has 1 aromatic rings. The summed E-state index contributed by atoms with van der Waals surface area (Å²) >= 11 is 0. The third-order valence-corrected chi connectivity index (χ3v) is 2.09. The summed E-state index contributed by atoms with van der Waals surface area (Å²) in [5.74, 6) is -0.838. The second kappa shape index (κ2) is 5.44. The molecule has 0 fully saturated rings. The highest BCUT2D eigenvalue weighted by molar-refractivity contribution is 5.41. The number of ether oxygens (including phenoxy) is 1. The number of aliphatic hydroxyl groups excluding tert-OH is 1. The molecule has 0 bridgehead atoms. The number of hydrogen-bond acceptors (Lipinski definition) is 4. The van der Waals surface area contributed by atoms with Gasteiger partial charge in [0.2, 0.25) is 0 Å². The van der Waals surface area contributed by atoms with Gasteiger partial charge in [0, 0.05) is 17.7 Å². The van der Waals surface area contributed by atoms with E-state index in [1.807, 2.05) is 0 Å². The molecule has 0 saturated carbocycles. The topological polar surface area (TPSA) is 68.4 Å². The molecule has 0 amide bonds. The lowest BCUT2D eigenvalue weighted by Gasteiger charge is -2.16. The van der Waals surface area contributed by atoms with Gasteiger partial charge in [-0.2, -0.15) is 0 Å². The molecule has 102 valence electrons. The Hall–Kier alpha value is -1.48. The van der Waals surface area contributed by atoms with Crippen LogP contribution in [0.2, 0.25) is 0 Å². The van der Waals surface area contributed by atoms with Crippen molar-refractivity contribution in [1.29, 1.82) is 0 Å². The molecule has 3 N–H and O–H groups in total. The Morgan fingerprint density at radius 2 is 1.94 bits per heavy atom. The first-order chi connectivity index (χ1) is 8.30. The molecule has 1 rings (SSSR count). The first-order valence-electron chi connectivity index (χ1n) is 4.65.